The number of hydrogen-bond donors (Lipinski definition) is 0. The summed E-state index contributed by atoms with van der Waals surface area (Å²) in [7, 11) is 0. The maximum absolute atomic E-state index is 14.1. The van der Waals surface area contributed by atoms with Gasteiger partial charge in [0.25, 0.3) is 5.69 Å². The number of amides is 3. The van der Waals surface area contributed by atoms with Crippen molar-refractivity contribution in [1.29, 1.82) is 0 Å². The summed E-state index contributed by atoms with van der Waals surface area (Å²) in [4.78, 5) is 70.6. The van der Waals surface area contributed by atoms with Gasteiger partial charge in [0, 0.05) is 54.8 Å². The molecule has 3 atom stereocenters. The first kappa shape index (κ1) is 30.0. The minimum absolute atomic E-state index is 0.151. The molecule has 3 aromatic rings. The van der Waals surface area contributed by atoms with Gasteiger partial charge in [0.2, 0.25) is 17.7 Å². The number of fused-ring (bicyclic) bond motifs is 2. The maximum atomic E-state index is 14.1. The molecule has 230 valence electrons. The predicted octanol–water partition coefficient (Wildman–Crippen LogP) is 3.32. The van der Waals surface area contributed by atoms with Gasteiger partial charge in [-0.25, -0.2) is 4.90 Å². The standard InChI is InChI=1S/C30H31N5O7S2/c1-3-31(4-2)19-7-5-18(6-8-19)23-24-25(28(38)34(27(24)37)20-9-11-21(12-10-20)35(40)41)43-29-26(23)44-30(39)33(29)17-22(36)32-13-15-42-16-14-32/h5-12,23-25H,3-4,13-17H2,1-2H3. The monoisotopic (exact) mass is 637 g/mol. The molecule has 3 unspecified atom stereocenters. The van der Waals surface area contributed by atoms with Crippen molar-refractivity contribution >= 4 is 57.9 Å². The van der Waals surface area contributed by atoms with Gasteiger partial charge >= 0.3 is 4.87 Å². The zero-order valence-electron chi connectivity index (χ0n) is 24.2. The third-order valence-corrected chi connectivity index (χ3v) is 11.0. The van der Waals surface area contributed by atoms with Crippen molar-refractivity contribution < 1.29 is 24.0 Å². The SMILES string of the molecule is CCN(CC)c1ccc(C2c3sc(=O)n(CC(=O)N4CCOCC4)c3SC3C(=O)N(c4ccc([N+](=O)[O-])cc4)C(=O)C32)cc1. The molecule has 1 aromatic heterocycles. The molecule has 0 spiro atoms. The number of carbonyl (C=O) groups is 3. The molecule has 0 saturated carbocycles. The Bertz CT molecular complexity index is 1660. The lowest BCUT2D eigenvalue weighted by Crippen LogP contribution is -2.43. The summed E-state index contributed by atoms with van der Waals surface area (Å²) < 4.78 is 6.79. The molecule has 2 fully saturated rings. The van der Waals surface area contributed by atoms with Crippen LogP contribution >= 0.6 is 23.1 Å². The van der Waals surface area contributed by atoms with Gasteiger partial charge in [0.05, 0.1) is 34.8 Å². The van der Waals surface area contributed by atoms with Crippen molar-refractivity contribution in [1.82, 2.24) is 9.47 Å². The van der Waals surface area contributed by atoms with Crippen LogP contribution in [-0.2, 0) is 25.7 Å². The van der Waals surface area contributed by atoms with Crippen LogP contribution in [0.2, 0.25) is 0 Å². The molecule has 2 aromatic carbocycles. The molecular weight excluding hydrogens is 606 g/mol. The second kappa shape index (κ2) is 12.2. The largest absolute Gasteiger partial charge is 0.378 e. The van der Waals surface area contributed by atoms with E-state index in [1.807, 2.05) is 24.3 Å². The highest BCUT2D eigenvalue weighted by Crippen LogP contribution is 2.54. The molecule has 3 amide bonds. The lowest BCUT2D eigenvalue weighted by molar-refractivity contribution is -0.384. The van der Waals surface area contributed by atoms with Crippen molar-refractivity contribution in [2.24, 2.45) is 5.92 Å². The van der Waals surface area contributed by atoms with Gasteiger partial charge in [-0.3, -0.25) is 33.9 Å². The number of thiazole rings is 1. The third-order valence-electron chi connectivity index (χ3n) is 8.41. The normalized spacial score (nSPS) is 21.3. The smallest absolute Gasteiger partial charge is 0.308 e. The number of morpholine rings is 1. The molecule has 0 N–H and O–H groups in total. The molecule has 6 rings (SSSR count). The van der Waals surface area contributed by atoms with Crippen molar-refractivity contribution in [3.8, 4) is 0 Å². The number of nitro groups is 1. The number of nitro benzene ring substituents is 1. The predicted molar refractivity (Wildman–Crippen MR) is 167 cm³/mol. The number of hydrogen-bond acceptors (Lipinski definition) is 10. The summed E-state index contributed by atoms with van der Waals surface area (Å²) in [6.45, 7) is 7.36. The van der Waals surface area contributed by atoms with E-state index in [2.05, 4.69) is 18.7 Å². The molecule has 44 heavy (non-hydrogen) atoms. The van der Waals surface area contributed by atoms with E-state index in [1.54, 1.807) is 4.90 Å². The van der Waals surface area contributed by atoms with Crippen LogP contribution in [0.4, 0.5) is 17.1 Å². The first-order valence-electron chi connectivity index (χ1n) is 14.5. The number of thioether (sulfide) groups is 1. The van der Waals surface area contributed by atoms with Gasteiger partial charge in [-0.1, -0.05) is 35.2 Å². The Morgan fingerprint density at radius 3 is 2.27 bits per heavy atom. The number of carbonyl (C=O) groups excluding carboxylic acids is 3. The molecule has 3 aliphatic rings. The number of anilines is 2. The average Bonchev–Trinajstić information content (AvgIpc) is 3.48. The summed E-state index contributed by atoms with van der Waals surface area (Å²) >= 11 is 2.15. The van der Waals surface area contributed by atoms with Crippen LogP contribution in [0.25, 0.3) is 0 Å². The number of benzene rings is 2. The third kappa shape index (κ3) is 5.20. The fourth-order valence-electron chi connectivity index (χ4n) is 6.12. The molecule has 0 bridgehead atoms. The number of imide groups is 1. The van der Waals surface area contributed by atoms with Gasteiger partial charge in [0.15, 0.2) is 0 Å². The maximum Gasteiger partial charge on any atom is 0.308 e. The highest BCUT2D eigenvalue weighted by atomic mass is 32.2. The summed E-state index contributed by atoms with van der Waals surface area (Å²) in [5, 5.41) is 10.9. The Kier molecular flexibility index (Phi) is 8.31. The number of nitrogens with zero attached hydrogens (tertiary/aromatic N) is 5. The number of ether oxygens (including phenoxy) is 1. The second-order valence-electron chi connectivity index (χ2n) is 10.7. The Balaban J connectivity index is 1.42. The van der Waals surface area contributed by atoms with E-state index >= 15 is 0 Å². The first-order valence-corrected chi connectivity index (χ1v) is 16.2. The molecular formula is C30H31N5O7S2. The van der Waals surface area contributed by atoms with E-state index < -0.39 is 33.8 Å². The summed E-state index contributed by atoms with van der Waals surface area (Å²) in [6.07, 6.45) is 0. The number of rotatable bonds is 8. The minimum atomic E-state index is -0.851. The molecule has 0 radical (unpaired) electrons. The highest BCUT2D eigenvalue weighted by Gasteiger charge is 2.57. The van der Waals surface area contributed by atoms with Crippen molar-refractivity contribution in [3.63, 3.8) is 0 Å². The van der Waals surface area contributed by atoms with Gasteiger partial charge in [0.1, 0.15) is 11.8 Å². The quantitative estimate of drug-likeness (QED) is 0.207. The van der Waals surface area contributed by atoms with Gasteiger partial charge in [-0.2, -0.15) is 0 Å². The van der Waals surface area contributed by atoms with E-state index in [-0.39, 0.29) is 28.7 Å². The van der Waals surface area contributed by atoms with Crippen LogP contribution in [-0.4, -0.2) is 76.8 Å². The van der Waals surface area contributed by atoms with E-state index in [4.69, 9.17) is 4.74 Å². The van der Waals surface area contributed by atoms with E-state index in [1.165, 1.54) is 28.8 Å². The fraction of sp³-hybridized carbons (Fsp3) is 0.400. The fourth-order valence-corrected chi connectivity index (χ4v) is 8.89. The lowest BCUT2D eigenvalue weighted by atomic mass is 9.83. The molecule has 2 saturated heterocycles. The van der Waals surface area contributed by atoms with Crippen molar-refractivity contribution in [2.75, 3.05) is 49.2 Å². The number of non-ortho nitro benzene ring substituents is 1. The highest BCUT2D eigenvalue weighted by molar-refractivity contribution is 8.00. The lowest BCUT2D eigenvalue weighted by Gasteiger charge is -2.31. The Morgan fingerprint density at radius 2 is 1.66 bits per heavy atom. The van der Waals surface area contributed by atoms with Crippen LogP contribution < -0.4 is 14.7 Å². The van der Waals surface area contributed by atoms with Crippen LogP contribution in [0.5, 0.6) is 0 Å². The average molecular weight is 638 g/mol. The van der Waals surface area contributed by atoms with Gasteiger partial charge in [-0.15, -0.1) is 0 Å². The van der Waals surface area contributed by atoms with Gasteiger partial charge < -0.3 is 14.5 Å². The number of aromatic nitrogens is 1. The molecule has 14 heteroatoms. The zero-order valence-corrected chi connectivity index (χ0v) is 25.8. The van der Waals surface area contributed by atoms with Crippen LogP contribution in [0.1, 0.15) is 30.2 Å². The van der Waals surface area contributed by atoms with Crippen LogP contribution in [0.3, 0.4) is 0 Å². The van der Waals surface area contributed by atoms with Crippen molar-refractivity contribution in [2.45, 2.75) is 36.6 Å². The Labute approximate surface area is 261 Å². The molecule has 4 heterocycles. The summed E-state index contributed by atoms with van der Waals surface area (Å²) in [6, 6.07) is 13.2. The van der Waals surface area contributed by atoms with Crippen LogP contribution in [0, 0.1) is 16.0 Å². The Hall–Kier alpha value is -4.01. The van der Waals surface area contributed by atoms with E-state index in [9.17, 15) is 29.3 Å². The first-order chi connectivity index (χ1) is 21.2. The molecule has 0 aliphatic carbocycles. The Morgan fingerprint density at radius 1 is 1.00 bits per heavy atom. The molecule has 3 aliphatic heterocycles. The molecule has 12 nitrogen and oxygen atoms in total. The van der Waals surface area contributed by atoms with E-state index in [0.29, 0.717) is 36.2 Å². The van der Waals surface area contributed by atoms with Crippen LogP contribution in [0.15, 0.2) is 58.4 Å². The second-order valence-corrected chi connectivity index (χ2v) is 12.8. The summed E-state index contributed by atoms with van der Waals surface area (Å²) in [5.74, 6) is -2.50. The minimum Gasteiger partial charge on any atom is -0.378 e. The van der Waals surface area contributed by atoms with Gasteiger partial charge in [-0.05, 0) is 43.7 Å². The topological polar surface area (TPSA) is 135 Å². The van der Waals surface area contributed by atoms with Crippen molar-refractivity contribution in [3.05, 3.63) is 78.8 Å². The van der Waals surface area contributed by atoms with E-state index in [0.717, 1.165) is 52.3 Å². The zero-order chi connectivity index (χ0) is 31.1. The summed E-state index contributed by atoms with van der Waals surface area (Å²) in [5.41, 5.74) is 1.90.